The number of carbonyl (C=O) groups is 1. The van der Waals surface area contributed by atoms with E-state index in [0.29, 0.717) is 18.2 Å². The molecule has 0 aromatic carbocycles. The maximum atomic E-state index is 12.3. The van der Waals surface area contributed by atoms with E-state index in [9.17, 15) is 4.79 Å². The fourth-order valence-electron chi connectivity index (χ4n) is 3.06. The van der Waals surface area contributed by atoms with E-state index in [1.54, 1.807) is 6.20 Å². The Morgan fingerprint density at radius 3 is 2.95 bits per heavy atom. The van der Waals surface area contributed by atoms with Gasteiger partial charge in [-0.1, -0.05) is 32.3 Å². The predicted molar refractivity (Wildman–Crippen MR) is 89.3 cm³/mol. The number of fused-ring (bicyclic) bond motifs is 1. The van der Waals surface area contributed by atoms with Gasteiger partial charge in [0.1, 0.15) is 11.2 Å². The summed E-state index contributed by atoms with van der Waals surface area (Å²) in [7, 11) is 0. The van der Waals surface area contributed by atoms with Crippen molar-refractivity contribution in [2.75, 3.05) is 5.32 Å². The maximum Gasteiger partial charge on any atom is 0.181 e. The van der Waals surface area contributed by atoms with Crippen LogP contribution in [0.5, 0.6) is 0 Å². The monoisotopic (exact) mass is 297 g/mol. The van der Waals surface area contributed by atoms with Crippen LogP contribution in [0.4, 0.5) is 5.82 Å². The zero-order chi connectivity index (χ0) is 15.4. The molecule has 116 valence electrons. The Kier molecular flexibility index (Phi) is 4.66. The SMILES string of the molecule is CCCCC(=O)c1cc2cccnc2c(NC2CCCC2)n1. The minimum atomic E-state index is 0.127. The Balaban J connectivity index is 1.94. The van der Waals surface area contributed by atoms with Gasteiger partial charge in [0.25, 0.3) is 0 Å². The lowest BCUT2D eigenvalue weighted by Crippen LogP contribution is -2.17. The Hall–Kier alpha value is -1.97. The molecule has 1 fully saturated rings. The van der Waals surface area contributed by atoms with Gasteiger partial charge in [-0.2, -0.15) is 0 Å². The first-order valence-electron chi connectivity index (χ1n) is 8.33. The molecule has 1 N–H and O–H groups in total. The molecule has 1 aliphatic rings. The summed E-state index contributed by atoms with van der Waals surface area (Å²) in [5.41, 5.74) is 1.43. The Morgan fingerprint density at radius 2 is 2.18 bits per heavy atom. The zero-order valence-electron chi connectivity index (χ0n) is 13.1. The largest absolute Gasteiger partial charge is 0.366 e. The van der Waals surface area contributed by atoms with Gasteiger partial charge in [-0.05, 0) is 31.4 Å². The molecule has 0 amide bonds. The smallest absolute Gasteiger partial charge is 0.181 e. The van der Waals surface area contributed by atoms with Gasteiger partial charge in [-0.25, -0.2) is 4.98 Å². The van der Waals surface area contributed by atoms with E-state index < -0.39 is 0 Å². The lowest BCUT2D eigenvalue weighted by atomic mass is 10.1. The average molecular weight is 297 g/mol. The number of aromatic nitrogens is 2. The Bertz CT molecular complexity index is 662. The first-order chi connectivity index (χ1) is 10.8. The molecule has 1 saturated carbocycles. The van der Waals surface area contributed by atoms with Crippen molar-refractivity contribution < 1.29 is 4.79 Å². The molecule has 0 radical (unpaired) electrons. The van der Waals surface area contributed by atoms with E-state index in [2.05, 4.69) is 22.2 Å². The summed E-state index contributed by atoms with van der Waals surface area (Å²) in [5, 5.41) is 4.49. The van der Waals surface area contributed by atoms with Gasteiger partial charge in [0, 0.05) is 24.0 Å². The van der Waals surface area contributed by atoms with E-state index in [4.69, 9.17) is 0 Å². The van der Waals surface area contributed by atoms with Crippen molar-refractivity contribution in [3.8, 4) is 0 Å². The lowest BCUT2D eigenvalue weighted by Gasteiger charge is -2.15. The number of anilines is 1. The summed E-state index contributed by atoms with van der Waals surface area (Å²) < 4.78 is 0. The van der Waals surface area contributed by atoms with E-state index in [1.165, 1.54) is 25.7 Å². The number of rotatable bonds is 6. The lowest BCUT2D eigenvalue weighted by molar-refractivity contribution is 0.0975. The average Bonchev–Trinajstić information content (AvgIpc) is 3.05. The fourth-order valence-corrected chi connectivity index (χ4v) is 3.06. The summed E-state index contributed by atoms with van der Waals surface area (Å²) in [5.74, 6) is 0.895. The van der Waals surface area contributed by atoms with Crippen LogP contribution >= 0.6 is 0 Å². The summed E-state index contributed by atoms with van der Waals surface area (Å²) in [4.78, 5) is 21.4. The second-order valence-electron chi connectivity index (χ2n) is 6.08. The third-order valence-corrected chi connectivity index (χ3v) is 4.33. The molecule has 1 aliphatic carbocycles. The summed E-state index contributed by atoms with van der Waals surface area (Å²) in [6, 6.07) is 6.24. The highest BCUT2D eigenvalue weighted by molar-refractivity contribution is 6.00. The molecule has 4 nitrogen and oxygen atoms in total. The Labute approximate surface area is 131 Å². The minimum absolute atomic E-state index is 0.127. The van der Waals surface area contributed by atoms with Crippen LogP contribution in [-0.4, -0.2) is 21.8 Å². The van der Waals surface area contributed by atoms with Crippen molar-refractivity contribution in [2.24, 2.45) is 0 Å². The molecule has 2 heterocycles. The van der Waals surface area contributed by atoms with Gasteiger partial charge >= 0.3 is 0 Å². The minimum Gasteiger partial charge on any atom is -0.366 e. The van der Waals surface area contributed by atoms with Crippen LogP contribution in [0.1, 0.15) is 62.4 Å². The quantitative estimate of drug-likeness (QED) is 0.805. The maximum absolute atomic E-state index is 12.3. The van der Waals surface area contributed by atoms with Crippen molar-refractivity contribution in [2.45, 2.75) is 57.9 Å². The number of hydrogen-bond donors (Lipinski definition) is 1. The molecular weight excluding hydrogens is 274 g/mol. The number of ketones is 1. The topological polar surface area (TPSA) is 54.9 Å². The van der Waals surface area contributed by atoms with E-state index in [1.807, 2.05) is 18.2 Å². The van der Waals surface area contributed by atoms with Crippen LogP contribution in [-0.2, 0) is 0 Å². The van der Waals surface area contributed by atoms with Gasteiger partial charge in [0.2, 0.25) is 0 Å². The Morgan fingerprint density at radius 1 is 1.36 bits per heavy atom. The van der Waals surface area contributed by atoms with Crippen LogP contribution in [0.15, 0.2) is 24.4 Å². The number of unbranched alkanes of at least 4 members (excludes halogenated alkanes) is 1. The molecule has 0 aliphatic heterocycles. The number of pyridine rings is 2. The number of hydrogen-bond acceptors (Lipinski definition) is 4. The first-order valence-corrected chi connectivity index (χ1v) is 8.33. The number of nitrogens with one attached hydrogen (secondary N) is 1. The first kappa shape index (κ1) is 14.9. The number of nitrogens with zero attached hydrogens (tertiary/aromatic N) is 2. The highest BCUT2D eigenvalue weighted by Crippen LogP contribution is 2.26. The summed E-state index contributed by atoms with van der Waals surface area (Å²) in [6.07, 6.45) is 9.15. The third kappa shape index (κ3) is 3.26. The predicted octanol–water partition coefficient (Wildman–Crippen LogP) is 4.36. The standard InChI is InChI=1S/C18H23N3O/c1-2-3-10-16(22)15-12-13-7-6-11-19-17(13)18(21-15)20-14-8-4-5-9-14/h6-7,11-12,14H,2-5,8-10H2,1H3,(H,20,21). The highest BCUT2D eigenvalue weighted by atomic mass is 16.1. The van der Waals surface area contributed by atoms with Crippen LogP contribution in [0.2, 0.25) is 0 Å². The van der Waals surface area contributed by atoms with Crippen LogP contribution in [0, 0.1) is 0 Å². The van der Waals surface area contributed by atoms with Gasteiger partial charge < -0.3 is 5.32 Å². The van der Waals surface area contributed by atoms with Crippen LogP contribution in [0.3, 0.4) is 0 Å². The molecule has 22 heavy (non-hydrogen) atoms. The molecule has 4 heteroatoms. The second-order valence-corrected chi connectivity index (χ2v) is 6.08. The van der Waals surface area contributed by atoms with E-state index in [-0.39, 0.29) is 5.78 Å². The van der Waals surface area contributed by atoms with Gasteiger partial charge in [-0.15, -0.1) is 0 Å². The molecule has 0 unspecified atom stereocenters. The second kappa shape index (κ2) is 6.86. The van der Waals surface area contributed by atoms with Gasteiger partial charge in [0.05, 0.1) is 0 Å². The van der Waals surface area contributed by atoms with Crippen molar-refractivity contribution in [1.82, 2.24) is 9.97 Å². The molecular formula is C18H23N3O. The molecule has 2 aromatic heterocycles. The highest BCUT2D eigenvalue weighted by Gasteiger charge is 2.18. The molecule has 0 bridgehead atoms. The molecule has 0 saturated heterocycles. The molecule has 0 spiro atoms. The number of carbonyl (C=O) groups excluding carboxylic acids is 1. The van der Waals surface area contributed by atoms with Crippen LogP contribution < -0.4 is 5.32 Å². The van der Waals surface area contributed by atoms with E-state index in [0.717, 1.165) is 29.6 Å². The third-order valence-electron chi connectivity index (χ3n) is 4.33. The number of Topliss-reactive ketones (excluding diaryl/α,β-unsaturated/α-hetero) is 1. The fraction of sp³-hybridized carbons (Fsp3) is 0.500. The van der Waals surface area contributed by atoms with Gasteiger partial charge in [0.15, 0.2) is 11.6 Å². The molecule has 2 aromatic rings. The summed E-state index contributed by atoms with van der Waals surface area (Å²) in [6.45, 7) is 2.10. The zero-order valence-corrected chi connectivity index (χ0v) is 13.1. The summed E-state index contributed by atoms with van der Waals surface area (Å²) >= 11 is 0. The van der Waals surface area contributed by atoms with Gasteiger partial charge in [-0.3, -0.25) is 9.78 Å². The van der Waals surface area contributed by atoms with Crippen molar-refractivity contribution in [3.63, 3.8) is 0 Å². The van der Waals surface area contributed by atoms with Crippen molar-refractivity contribution >= 4 is 22.5 Å². The van der Waals surface area contributed by atoms with E-state index >= 15 is 0 Å². The van der Waals surface area contributed by atoms with Crippen molar-refractivity contribution in [3.05, 3.63) is 30.1 Å². The van der Waals surface area contributed by atoms with Crippen molar-refractivity contribution in [1.29, 1.82) is 0 Å². The normalized spacial score (nSPS) is 15.3. The van der Waals surface area contributed by atoms with Crippen LogP contribution in [0.25, 0.3) is 10.9 Å². The molecule has 3 rings (SSSR count). The molecule has 0 atom stereocenters.